The molecule has 0 aromatic carbocycles. The van der Waals surface area contributed by atoms with Gasteiger partial charge in [-0.3, -0.25) is 19.3 Å². The Morgan fingerprint density at radius 1 is 1.35 bits per heavy atom. The molecule has 7 heteroatoms. The molecule has 17 heavy (non-hydrogen) atoms. The van der Waals surface area contributed by atoms with E-state index in [0.29, 0.717) is 13.2 Å². The highest BCUT2D eigenvalue weighted by molar-refractivity contribution is 6.04. The number of hydrogen-bond donors (Lipinski definition) is 0. The van der Waals surface area contributed by atoms with Crippen molar-refractivity contribution in [3.63, 3.8) is 0 Å². The molecule has 0 aromatic rings. The lowest BCUT2D eigenvalue weighted by Gasteiger charge is -2.27. The van der Waals surface area contributed by atoms with Crippen molar-refractivity contribution in [2.24, 2.45) is 0 Å². The molecule has 2 fully saturated rings. The number of imide groups is 1. The zero-order chi connectivity index (χ0) is 12.4. The van der Waals surface area contributed by atoms with Crippen molar-refractivity contribution in [2.75, 3.05) is 33.3 Å². The first-order valence-electron chi connectivity index (χ1n) is 5.58. The second-order valence-corrected chi connectivity index (χ2v) is 4.15. The van der Waals surface area contributed by atoms with Crippen molar-refractivity contribution in [3.05, 3.63) is 0 Å². The summed E-state index contributed by atoms with van der Waals surface area (Å²) in [5.41, 5.74) is 0. The Balaban J connectivity index is 1.94. The third-order valence-corrected chi connectivity index (χ3v) is 2.81. The average molecular weight is 241 g/mol. The van der Waals surface area contributed by atoms with Crippen LogP contribution in [0.4, 0.5) is 4.79 Å². The normalized spacial score (nSPS) is 21.4. The van der Waals surface area contributed by atoms with E-state index >= 15 is 0 Å². The van der Waals surface area contributed by atoms with Crippen LogP contribution in [0.5, 0.6) is 0 Å². The van der Waals surface area contributed by atoms with Gasteiger partial charge in [-0.25, -0.2) is 9.86 Å². The van der Waals surface area contributed by atoms with E-state index < -0.39 is 6.03 Å². The molecule has 0 radical (unpaired) electrons. The lowest BCUT2D eigenvalue weighted by molar-refractivity contribution is -0.197. The number of rotatable bonds is 2. The Hall–Kier alpha value is -1.63. The number of amides is 4. The molecule has 0 N–H and O–H groups in total. The van der Waals surface area contributed by atoms with Crippen molar-refractivity contribution >= 4 is 17.8 Å². The monoisotopic (exact) mass is 241 g/mol. The van der Waals surface area contributed by atoms with Crippen LogP contribution in [0, 0.1) is 0 Å². The number of carbonyl (C=O) groups is 3. The van der Waals surface area contributed by atoms with Crippen molar-refractivity contribution in [1.29, 1.82) is 0 Å². The molecule has 2 rings (SSSR count). The van der Waals surface area contributed by atoms with E-state index in [9.17, 15) is 14.4 Å². The average Bonchev–Trinajstić information content (AvgIpc) is 2.57. The van der Waals surface area contributed by atoms with E-state index in [4.69, 9.17) is 4.84 Å². The lowest BCUT2D eigenvalue weighted by atomic mass is 10.3. The molecule has 2 aliphatic heterocycles. The van der Waals surface area contributed by atoms with Gasteiger partial charge in [0.15, 0.2) is 0 Å². The minimum Gasteiger partial charge on any atom is -0.318 e. The number of urea groups is 1. The van der Waals surface area contributed by atoms with Crippen LogP contribution in [0.25, 0.3) is 0 Å². The number of hydrogen-bond acceptors (Lipinski definition) is 4. The molecule has 2 saturated heterocycles. The maximum Gasteiger partial charge on any atom is 0.327 e. The molecule has 2 heterocycles. The zero-order valence-corrected chi connectivity index (χ0v) is 9.72. The first kappa shape index (κ1) is 11.8. The molecular weight excluding hydrogens is 226 g/mol. The fourth-order valence-electron chi connectivity index (χ4n) is 1.83. The summed E-state index contributed by atoms with van der Waals surface area (Å²) in [6.45, 7) is 0.827. The predicted octanol–water partition coefficient (Wildman–Crippen LogP) is -0.566. The Labute approximate surface area is 98.8 Å². The molecule has 0 saturated carbocycles. The summed E-state index contributed by atoms with van der Waals surface area (Å²) in [6, 6.07) is -0.430. The molecule has 0 bridgehead atoms. The molecule has 0 atom stereocenters. The van der Waals surface area contributed by atoms with E-state index in [1.54, 1.807) is 0 Å². The van der Waals surface area contributed by atoms with Gasteiger partial charge in [-0.15, -0.1) is 0 Å². The molecule has 7 nitrogen and oxygen atoms in total. The summed E-state index contributed by atoms with van der Waals surface area (Å²) < 4.78 is 0. The van der Waals surface area contributed by atoms with Gasteiger partial charge in [0.1, 0.15) is 13.1 Å². The fraction of sp³-hybridized carbons (Fsp3) is 0.700. The molecule has 2 aliphatic rings. The van der Waals surface area contributed by atoms with Gasteiger partial charge < -0.3 is 4.90 Å². The summed E-state index contributed by atoms with van der Waals surface area (Å²) in [4.78, 5) is 42.2. The number of likely N-dealkylation sites (N-methyl/N-ethyl adjacent to an activating group) is 1. The maximum atomic E-state index is 11.8. The van der Waals surface area contributed by atoms with Gasteiger partial charge in [0.25, 0.3) is 11.8 Å². The first-order valence-corrected chi connectivity index (χ1v) is 5.58. The molecule has 0 spiro atoms. The Morgan fingerprint density at radius 3 is 2.65 bits per heavy atom. The van der Waals surface area contributed by atoms with Crippen LogP contribution < -0.4 is 0 Å². The van der Waals surface area contributed by atoms with Crippen molar-refractivity contribution in [3.8, 4) is 0 Å². The summed E-state index contributed by atoms with van der Waals surface area (Å²) in [6.07, 6.45) is 1.81. The van der Waals surface area contributed by atoms with E-state index in [-0.39, 0.29) is 24.9 Å². The fourth-order valence-corrected chi connectivity index (χ4v) is 1.83. The Kier molecular flexibility index (Phi) is 3.28. The number of carbonyl (C=O) groups excluding carboxylic acids is 3. The summed E-state index contributed by atoms with van der Waals surface area (Å²) in [5, 5.41) is 1.24. The third kappa shape index (κ3) is 2.38. The van der Waals surface area contributed by atoms with Crippen LogP contribution >= 0.6 is 0 Å². The maximum absolute atomic E-state index is 11.8. The van der Waals surface area contributed by atoms with Crippen molar-refractivity contribution in [2.45, 2.75) is 12.8 Å². The van der Waals surface area contributed by atoms with Crippen molar-refractivity contribution < 1.29 is 19.2 Å². The predicted molar refractivity (Wildman–Crippen MR) is 56.6 cm³/mol. The lowest BCUT2D eigenvalue weighted by Crippen LogP contribution is -2.44. The standard InChI is InChI=1S/C10H15N3O4/c1-11-6-8(14)12(10(11)16)7-9(15)13-4-2-3-5-17-13/h2-7H2,1H3. The van der Waals surface area contributed by atoms with Crippen LogP contribution in [0.1, 0.15) is 12.8 Å². The Bertz CT molecular complexity index is 351. The minimum absolute atomic E-state index is 0.0347. The van der Waals surface area contributed by atoms with Gasteiger partial charge in [0, 0.05) is 13.6 Å². The van der Waals surface area contributed by atoms with Gasteiger partial charge >= 0.3 is 6.03 Å². The smallest absolute Gasteiger partial charge is 0.318 e. The first-order chi connectivity index (χ1) is 8.09. The number of hydroxylamine groups is 2. The summed E-state index contributed by atoms with van der Waals surface area (Å²) in [7, 11) is 1.53. The zero-order valence-electron chi connectivity index (χ0n) is 9.72. The molecule has 0 aliphatic carbocycles. The highest BCUT2D eigenvalue weighted by Gasteiger charge is 2.36. The van der Waals surface area contributed by atoms with Crippen LogP contribution in [-0.2, 0) is 14.4 Å². The van der Waals surface area contributed by atoms with Crippen molar-refractivity contribution in [1.82, 2.24) is 14.9 Å². The quantitative estimate of drug-likeness (QED) is 0.607. The molecule has 94 valence electrons. The molecular formula is C10H15N3O4. The minimum atomic E-state index is -0.430. The summed E-state index contributed by atoms with van der Waals surface area (Å²) >= 11 is 0. The van der Waals surface area contributed by atoms with Crippen LogP contribution in [-0.4, -0.2) is 66.0 Å². The Morgan fingerprint density at radius 2 is 2.12 bits per heavy atom. The van der Waals surface area contributed by atoms with Gasteiger partial charge in [0.05, 0.1) is 6.61 Å². The van der Waals surface area contributed by atoms with Gasteiger partial charge in [0.2, 0.25) is 0 Å². The van der Waals surface area contributed by atoms with Gasteiger partial charge in [-0.05, 0) is 12.8 Å². The van der Waals surface area contributed by atoms with Gasteiger partial charge in [-0.1, -0.05) is 0 Å². The van der Waals surface area contributed by atoms with E-state index in [0.717, 1.165) is 17.7 Å². The third-order valence-electron chi connectivity index (χ3n) is 2.81. The topological polar surface area (TPSA) is 70.2 Å². The summed E-state index contributed by atoms with van der Waals surface area (Å²) in [5.74, 6) is -0.690. The van der Waals surface area contributed by atoms with E-state index in [1.165, 1.54) is 17.0 Å². The largest absolute Gasteiger partial charge is 0.327 e. The highest BCUT2D eigenvalue weighted by Crippen LogP contribution is 2.11. The molecule has 4 amide bonds. The SMILES string of the molecule is CN1CC(=O)N(CC(=O)N2CCCCO2)C1=O. The molecule has 0 unspecified atom stereocenters. The second-order valence-electron chi connectivity index (χ2n) is 4.15. The van der Waals surface area contributed by atoms with E-state index in [2.05, 4.69) is 0 Å². The molecule has 0 aromatic heterocycles. The second kappa shape index (κ2) is 4.70. The van der Waals surface area contributed by atoms with Crippen LogP contribution in [0.15, 0.2) is 0 Å². The van der Waals surface area contributed by atoms with Crippen LogP contribution in [0.2, 0.25) is 0 Å². The van der Waals surface area contributed by atoms with Gasteiger partial charge in [-0.2, -0.15) is 0 Å². The van der Waals surface area contributed by atoms with E-state index in [1.807, 2.05) is 0 Å². The highest BCUT2D eigenvalue weighted by atomic mass is 16.7. The van der Waals surface area contributed by atoms with Crippen LogP contribution in [0.3, 0.4) is 0 Å². The number of nitrogens with zero attached hydrogens (tertiary/aromatic N) is 3.